The smallest absolute Gasteiger partial charge is 0.312 e. The molecular formula is C32H41NO5. The Morgan fingerprint density at radius 2 is 1.63 bits per heavy atom. The van der Waals surface area contributed by atoms with Crippen LogP contribution >= 0.6 is 0 Å². The maximum Gasteiger partial charge on any atom is 0.312 e. The van der Waals surface area contributed by atoms with Crippen molar-refractivity contribution >= 4 is 23.3 Å². The molecule has 7 atom stereocenters. The number of methoxy groups -OCH3 is 1. The van der Waals surface area contributed by atoms with Gasteiger partial charge in [-0.2, -0.15) is 5.26 Å². The molecule has 0 saturated heterocycles. The second-order valence-corrected chi connectivity index (χ2v) is 14.9. The summed E-state index contributed by atoms with van der Waals surface area (Å²) >= 11 is 0. The number of fused-ring (bicyclic) bond motifs is 7. The molecule has 0 aromatic rings. The van der Waals surface area contributed by atoms with Gasteiger partial charge in [-0.05, 0) is 60.5 Å². The van der Waals surface area contributed by atoms with Gasteiger partial charge in [0.2, 0.25) is 0 Å². The number of rotatable bonds is 1. The Hall–Kier alpha value is -2.55. The Balaban J connectivity index is 1.74. The van der Waals surface area contributed by atoms with E-state index < -0.39 is 38.9 Å². The molecule has 0 amide bonds. The molecule has 3 fully saturated rings. The van der Waals surface area contributed by atoms with Gasteiger partial charge in [0.1, 0.15) is 11.9 Å². The van der Waals surface area contributed by atoms with Crippen LogP contribution < -0.4 is 0 Å². The van der Waals surface area contributed by atoms with Gasteiger partial charge in [-0.3, -0.25) is 19.2 Å². The Kier molecular flexibility index (Phi) is 5.53. The highest BCUT2D eigenvalue weighted by molar-refractivity contribution is 6.08. The minimum Gasteiger partial charge on any atom is -0.469 e. The largest absolute Gasteiger partial charge is 0.469 e. The van der Waals surface area contributed by atoms with E-state index in [0.29, 0.717) is 19.3 Å². The van der Waals surface area contributed by atoms with Gasteiger partial charge in [0.25, 0.3) is 0 Å². The van der Waals surface area contributed by atoms with Crippen LogP contribution in [0.5, 0.6) is 0 Å². The summed E-state index contributed by atoms with van der Waals surface area (Å²) in [6.45, 7) is 14.1. The van der Waals surface area contributed by atoms with Gasteiger partial charge in [-0.1, -0.05) is 54.5 Å². The molecule has 0 N–H and O–H groups in total. The van der Waals surface area contributed by atoms with Crippen molar-refractivity contribution in [2.45, 2.75) is 87.0 Å². The third-order valence-electron chi connectivity index (χ3n) is 12.1. The number of esters is 1. The molecule has 2 unspecified atom stereocenters. The standard InChI is InChI=1S/C32H41NO5/c1-27(2)9-11-32(26(37)38-8)12-10-30(6)23(19(32)15-27)20(34)13-22-29(5)14-18(17-33)25(36)28(3,4)24(29)21(35)16-31(22,30)7/h13-14,19,23-24H,9-12,15-16H2,1-8H3/t19?,23?,24-,29+,30+,31+,32-/m0/s1. The van der Waals surface area contributed by atoms with Crippen LogP contribution in [0.1, 0.15) is 87.0 Å². The molecule has 0 spiro atoms. The van der Waals surface area contributed by atoms with Gasteiger partial charge in [0, 0.05) is 34.5 Å². The molecule has 6 nitrogen and oxygen atoms in total. The van der Waals surface area contributed by atoms with Gasteiger partial charge in [0.05, 0.1) is 18.1 Å². The molecule has 0 heterocycles. The third-order valence-corrected chi connectivity index (χ3v) is 12.1. The Morgan fingerprint density at radius 3 is 2.24 bits per heavy atom. The number of allylic oxidation sites excluding steroid dienone is 4. The molecule has 38 heavy (non-hydrogen) atoms. The van der Waals surface area contributed by atoms with Crippen LogP contribution in [0.25, 0.3) is 0 Å². The average Bonchev–Trinajstić information content (AvgIpc) is 2.82. The molecule has 5 rings (SSSR count). The summed E-state index contributed by atoms with van der Waals surface area (Å²) in [5.74, 6) is -1.72. The molecule has 5 aliphatic carbocycles. The molecule has 5 aliphatic rings. The molecule has 3 saturated carbocycles. The number of hydrogen-bond donors (Lipinski definition) is 0. The van der Waals surface area contributed by atoms with Crippen molar-refractivity contribution in [1.29, 1.82) is 5.26 Å². The van der Waals surface area contributed by atoms with Crippen molar-refractivity contribution in [3.05, 3.63) is 23.3 Å². The third kappa shape index (κ3) is 3.05. The van der Waals surface area contributed by atoms with Crippen molar-refractivity contribution < 1.29 is 23.9 Å². The predicted molar refractivity (Wildman–Crippen MR) is 141 cm³/mol. The number of nitrogens with zero attached hydrogens (tertiary/aromatic N) is 1. The summed E-state index contributed by atoms with van der Waals surface area (Å²) in [6.07, 6.45) is 7.28. The van der Waals surface area contributed by atoms with E-state index >= 15 is 0 Å². The summed E-state index contributed by atoms with van der Waals surface area (Å²) in [5.41, 5.74) is -2.94. The molecule has 0 aliphatic heterocycles. The average molecular weight is 520 g/mol. The fraction of sp³-hybridized carbons (Fsp3) is 0.719. The Morgan fingerprint density at radius 1 is 1.00 bits per heavy atom. The van der Waals surface area contributed by atoms with Gasteiger partial charge in [0.15, 0.2) is 11.6 Å². The second kappa shape index (κ2) is 7.77. The van der Waals surface area contributed by atoms with Crippen LogP contribution in [0.4, 0.5) is 0 Å². The van der Waals surface area contributed by atoms with Crippen molar-refractivity contribution in [1.82, 2.24) is 0 Å². The number of ketones is 3. The van der Waals surface area contributed by atoms with E-state index in [0.717, 1.165) is 18.4 Å². The fourth-order valence-corrected chi connectivity index (χ4v) is 10.1. The molecule has 0 bridgehead atoms. The van der Waals surface area contributed by atoms with E-state index in [2.05, 4.69) is 33.8 Å². The monoisotopic (exact) mass is 519 g/mol. The van der Waals surface area contributed by atoms with Crippen molar-refractivity contribution in [3.8, 4) is 6.07 Å². The quantitative estimate of drug-likeness (QED) is 0.421. The lowest BCUT2D eigenvalue weighted by Gasteiger charge is -2.68. The van der Waals surface area contributed by atoms with Crippen molar-refractivity contribution in [3.63, 3.8) is 0 Å². The number of ether oxygens (including phenoxy) is 1. The van der Waals surface area contributed by atoms with Gasteiger partial charge in [-0.25, -0.2) is 0 Å². The minimum atomic E-state index is -1.05. The lowest BCUT2D eigenvalue weighted by molar-refractivity contribution is -0.191. The van der Waals surface area contributed by atoms with Crippen LogP contribution in [-0.4, -0.2) is 30.4 Å². The van der Waals surface area contributed by atoms with Crippen LogP contribution in [0.3, 0.4) is 0 Å². The molecule has 0 radical (unpaired) electrons. The SMILES string of the molecule is COC(=O)[C@]12CCC(C)(C)CC1C1C(=O)C=C3[C@@]4(C)C=C(C#N)C(=O)C(C)(C)[C@@H]4C(=O)C[C@@]3(C)[C@]1(C)CC2. The first-order valence-corrected chi connectivity index (χ1v) is 14.0. The number of carbonyl (C=O) groups excluding carboxylic acids is 4. The van der Waals surface area contributed by atoms with Crippen LogP contribution in [0, 0.1) is 61.6 Å². The molecule has 0 aromatic carbocycles. The van der Waals surface area contributed by atoms with E-state index in [9.17, 15) is 24.4 Å². The Bertz CT molecular complexity index is 1280. The maximum atomic E-state index is 14.4. The summed E-state index contributed by atoms with van der Waals surface area (Å²) in [6, 6.07) is 2.07. The number of carbonyl (C=O) groups is 4. The highest BCUT2D eigenvalue weighted by Gasteiger charge is 2.72. The minimum absolute atomic E-state index is 0.00610. The first kappa shape index (κ1) is 27.0. The van der Waals surface area contributed by atoms with Crippen molar-refractivity contribution in [2.24, 2.45) is 50.2 Å². The van der Waals surface area contributed by atoms with Gasteiger partial charge < -0.3 is 4.74 Å². The van der Waals surface area contributed by atoms with E-state index in [4.69, 9.17) is 4.74 Å². The lowest BCUT2D eigenvalue weighted by Crippen LogP contribution is -2.67. The number of hydrogen-bond acceptors (Lipinski definition) is 6. The van der Waals surface area contributed by atoms with E-state index in [1.165, 1.54) is 7.11 Å². The molecule has 6 heteroatoms. The van der Waals surface area contributed by atoms with Gasteiger partial charge >= 0.3 is 5.97 Å². The summed E-state index contributed by atoms with van der Waals surface area (Å²) in [5, 5.41) is 9.84. The number of Topliss-reactive ketones (excluding diaryl/α,β-unsaturated/α-hetero) is 2. The Labute approximate surface area is 226 Å². The normalized spacial score (nSPS) is 44.8. The zero-order valence-electron chi connectivity index (χ0n) is 24.1. The van der Waals surface area contributed by atoms with E-state index in [-0.39, 0.29) is 46.6 Å². The highest BCUT2D eigenvalue weighted by Crippen LogP contribution is 2.74. The summed E-state index contributed by atoms with van der Waals surface area (Å²) in [4.78, 5) is 55.0. The zero-order valence-corrected chi connectivity index (χ0v) is 24.1. The molecule has 204 valence electrons. The predicted octanol–water partition coefficient (Wildman–Crippen LogP) is 5.56. The first-order chi connectivity index (χ1) is 17.4. The van der Waals surface area contributed by atoms with Crippen LogP contribution in [-0.2, 0) is 23.9 Å². The highest BCUT2D eigenvalue weighted by atomic mass is 16.5. The van der Waals surface area contributed by atoms with E-state index in [1.807, 2.05) is 6.92 Å². The zero-order chi connectivity index (χ0) is 28.3. The van der Waals surface area contributed by atoms with Crippen LogP contribution in [0.15, 0.2) is 23.3 Å². The number of nitriles is 1. The van der Waals surface area contributed by atoms with Crippen molar-refractivity contribution in [2.75, 3.05) is 7.11 Å². The molecular weight excluding hydrogens is 478 g/mol. The second-order valence-electron chi connectivity index (χ2n) is 14.9. The lowest BCUT2D eigenvalue weighted by atomic mass is 9.34. The fourth-order valence-electron chi connectivity index (χ4n) is 10.1. The van der Waals surface area contributed by atoms with Crippen LogP contribution in [0.2, 0.25) is 0 Å². The first-order valence-electron chi connectivity index (χ1n) is 14.0. The topological polar surface area (TPSA) is 101 Å². The van der Waals surface area contributed by atoms with E-state index in [1.54, 1.807) is 26.0 Å². The summed E-state index contributed by atoms with van der Waals surface area (Å²) < 4.78 is 5.37. The van der Waals surface area contributed by atoms with Gasteiger partial charge in [-0.15, -0.1) is 0 Å². The maximum absolute atomic E-state index is 14.4. The molecule has 0 aromatic heterocycles. The summed E-state index contributed by atoms with van der Waals surface area (Å²) in [7, 11) is 1.44.